The van der Waals surface area contributed by atoms with Gasteiger partial charge in [0.2, 0.25) is 0 Å². The number of halogens is 1. The van der Waals surface area contributed by atoms with Crippen LogP contribution in [-0.4, -0.2) is 16.2 Å². The van der Waals surface area contributed by atoms with Crippen molar-refractivity contribution < 1.29 is 9.26 Å². The highest BCUT2D eigenvalue weighted by atomic mass is 35.5. The molecule has 5 nitrogen and oxygen atoms in total. The van der Waals surface area contributed by atoms with Crippen molar-refractivity contribution in [1.29, 1.82) is 0 Å². The van der Waals surface area contributed by atoms with Crippen molar-refractivity contribution in [2.24, 2.45) is 5.73 Å². The van der Waals surface area contributed by atoms with Gasteiger partial charge in [-0.05, 0) is 32.0 Å². The first-order valence-electron chi connectivity index (χ1n) is 6.05. The zero-order valence-electron chi connectivity index (χ0n) is 10.8. The van der Waals surface area contributed by atoms with Crippen LogP contribution in [0.5, 0.6) is 5.75 Å². The largest absolute Gasteiger partial charge is 0.481 e. The average Bonchev–Trinajstić information content (AvgIpc) is 2.76. The number of hydrogen-bond donors (Lipinski definition) is 1. The van der Waals surface area contributed by atoms with E-state index in [0.29, 0.717) is 28.9 Å². The van der Waals surface area contributed by atoms with Gasteiger partial charge >= 0.3 is 0 Å². The second-order valence-corrected chi connectivity index (χ2v) is 4.88. The summed E-state index contributed by atoms with van der Waals surface area (Å²) in [6.45, 7) is 3.73. The van der Waals surface area contributed by atoms with Gasteiger partial charge in [0.15, 0.2) is 11.9 Å². The molecule has 2 aromatic rings. The monoisotopic (exact) mass is 281 g/mol. The number of ether oxygens (including phenoxy) is 1. The van der Waals surface area contributed by atoms with E-state index in [0.717, 1.165) is 0 Å². The minimum atomic E-state index is -0.340. The van der Waals surface area contributed by atoms with Gasteiger partial charge in [0, 0.05) is 17.5 Å². The van der Waals surface area contributed by atoms with Gasteiger partial charge in [-0.15, -0.1) is 0 Å². The summed E-state index contributed by atoms with van der Waals surface area (Å²) in [4.78, 5) is 4.25. The fourth-order valence-electron chi connectivity index (χ4n) is 1.60. The van der Waals surface area contributed by atoms with E-state index in [1.807, 2.05) is 26.0 Å². The maximum Gasteiger partial charge on any atom is 0.267 e. The maximum absolute atomic E-state index is 5.89. The van der Waals surface area contributed by atoms with Crippen molar-refractivity contribution in [1.82, 2.24) is 10.1 Å². The van der Waals surface area contributed by atoms with Crippen molar-refractivity contribution in [3.63, 3.8) is 0 Å². The van der Waals surface area contributed by atoms with Crippen LogP contribution in [-0.2, 0) is 6.42 Å². The van der Waals surface area contributed by atoms with Gasteiger partial charge in [0.1, 0.15) is 5.75 Å². The van der Waals surface area contributed by atoms with E-state index in [1.54, 1.807) is 12.1 Å². The molecule has 2 rings (SSSR count). The van der Waals surface area contributed by atoms with E-state index in [4.69, 9.17) is 26.6 Å². The first-order valence-corrected chi connectivity index (χ1v) is 6.42. The van der Waals surface area contributed by atoms with Gasteiger partial charge in [0.05, 0.1) is 0 Å². The van der Waals surface area contributed by atoms with Gasteiger partial charge in [0.25, 0.3) is 5.89 Å². The predicted molar refractivity (Wildman–Crippen MR) is 72.1 cm³/mol. The number of hydrogen-bond acceptors (Lipinski definition) is 5. The zero-order chi connectivity index (χ0) is 13.8. The summed E-state index contributed by atoms with van der Waals surface area (Å²) < 4.78 is 10.8. The van der Waals surface area contributed by atoms with Gasteiger partial charge < -0.3 is 15.0 Å². The summed E-state index contributed by atoms with van der Waals surface area (Å²) in [5, 5.41) is 4.48. The molecule has 0 bridgehead atoms. The molecule has 0 radical (unpaired) electrons. The normalized spacial score (nSPS) is 14.1. The third kappa shape index (κ3) is 3.94. The zero-order valence-corrected chi connectivity index (χ0v) is 11.6. The molecule has 0 saturated heterocycles. The summed E-state index contributed by atoms with van der Waals surface area (Å²) in [7, 11) is 0. The number of rotatable bonds is 5. The second-order valence-electron chi connectivity index (χ2n) is 4.45. The van der Waals surface area contributed by atoms with E-state index in [2.05, 4.69) is 10.1 Å². The lowest BCUT2D eigenvalue weighted by molar-refractivity contribution is 0.175. The molecular weight excluding hydrogens is 266 g/mol. The average molecular weight is 282 g/mol. The van der Waals surface area contributed by atoms with Crippen molar-refractivity contribution in [3.8, 4) is 5.75 Å². The Labute approximate surface area is 116 Å². The molecule has 2 atom stereocenters. The maximum atomic E-state index is 5.89. The molecule has 0 aliphatic heterocycles. The SMILES string of the molecule is CC(N)Cc1noc(C(C)Oc2cccc(Cl)c2)n1. The minimum Gasteiger partial charge on any atom is -0.481 e. The number of nitrogens with two attached hydrogens (primary N) is 1. The van der Waals surface area contributed by atoms with E-state index in [-0.39, 0.29) is 12.1 Å². The van der Waals surface area contributed by atoms with Crippen molar-refractivity contribution >= 4 is 11.6 Å². The molecule has 2 unspecified atom stereocenters. The van der Waals surface area contributed by atoms with Gasteiger partial charge in [-0.25, -0.2) is 0 Å². The van der Waals surface area contributed by atoms with Crippen LogP contribution in [0.25, 0.3) is 0 Å². The molecule has 1 aromatic carbocycles. The number of nitrogens with zero attached hydrogens (tertiary/aromatic N) is 2. The van der Waals surface area contributed by atoms with Crippen LogP contribution in [0.15, 0.2) is 28.8 Å². The van der Waals surface area contributed by atoms with Crippen molar-refractivity contribution in [2.45, 2.75) is 32.4 Å². The third-order valence-electron chi connectivity index (χ3n) is 2.45. The molecule has 0 amide bonds. The molecule has 1 aromatic heterocycles. The Kier molecular flexibility index (Phi) is 4.39. The highest BCUT2D eigenvalue weighted by molar-refractivity contribution is 6.30. The van der Waals surface area contributed by atoms with Crippen LogP contribution in [0.4, 0.5) is 0 Å². The van der Waals surface area contributed by atoms with Gasteiger partial charge in [-0.2, -0.15) is 4.98 Å². The Morgan fingerprint density at radius 1 is 1.42 bits per heavy atom. The molecule has 0 spiro atoms. The van der Waals surface area contributed by atoms with Crippen LogP contribution >= 0.6 is 11.6 Å². The highest BCUT2D eigenvalue weighted by Gasteiger charge is 2.16. The second kappa shape index (κ2) is 6.04. The minimum absolute atomic E-state index is 0.00500. The summed E-state index contributed by atoms with van der Waals surface area (Å²) in [5.41, 5.74) is 5.68. The smallest absolute Gasteiger partial charge is 0.267 e. The van der Waals surface area contributed by atoms with Gasteiger partial charge in [-0.3, -0.25) is 0 Å². The summed E-state index contributed by atoms with van der Waals surface area (Å²) in [5.74, 6) is 1.68. The molecule has 0 fully saturated rings. The molecular formula is C13H16ClN3O2. The molecule has 0 saturated carbocycles. The fourth-order valence-corrected chi connectivity index (χ4v) is 1.78. The lowest BCUT2D eigenvalue weighted by Crippen LogP contribution is -2.18. The fraction of sp³-hybridized carbons (Fsp3) is 0.385. The van der Waals surface area contributed by atoms with Gasteiger partial charge in [-0.1, -0.05) is 22.8 Å². The molecule has 19 heavy (non-hydrogen) atoms. The Morgan fingerprint density at radius 2 is 2.21 bits per heavy atom. The third-order valence-corrected chi connectivity index (χ3v) is 2.68. The summed E-state index contributed by atoms with van der Waals surface area (Å²) >= 11 is 5.89. The first kappa shape index (κ1) is 13.8. The Balaban J connectivity index is 2.03. The van der Waals surface area contributed by atoms with E-state index < -0.39 is 0 Å². The standard InChI is InChI=1S/C13H16ClN3O2/c1-8(15)6-12-16-13(19-17-12)9(2)18-11-5-3-4-10(14)7-11/h3-5,7-9H,6,15H2,1-2H3. The van der Waals surface area contributed by atoms with Crippen LogP contribution in [0.3, 0.4) is 0 Å². The lowest BCUT2D eigenvalue weighted by atomic mass is 10.2. The Hall–Kier alpha value is -1.59. The Bertz CT molecular complexity index is 542. The molecule has 2 N–H and O–H groups in total. The predicted octanol–water partition coefficient (Wildman–Crippen LogP) is 2.75. The molecule has 0 aliphatic rings. The number of benzene rings is 1. The van der Waals surface area contributed by atoms with E-state index in [1.165, 1.54) is 0 Å². The lowest BCUT2D eigenvalue weighted by Gasteiger charge is -2.10. The topological polar surface area (TPSA) is 74.2 Å². The van der Waals surface area contributed by atoms with E-state index in [9.17, 15) is 0 Å². The quantitative estimate of drug-likeness (QED) is 0.912. The Morgan fingerprint density at radius 3 is 2.89 bits per heavy atom. The van der Waals surface area contributed by atoms with Crippen LogP contribution in [0, 0.1) is 0 Å². The summed E-state index contributed by atoms with van der Waals surface area (Å²) in [6.07, 6.45) is 0.237. The first-order chi connectivity index (χ1) is 9.04. The molecule has 0 aliphatic carbocycles. The van der Waals surface area contributed by atoms with Crippen LogP contribution in [0.1, 0.15) is 31.7 Å². The molecule has 1 heterocycles. The van der Waals surface area contributed by atoms with E-state index >= 15 is 0 Å². The highest BCUT2D eigenvalue weighted by Crippen LogP contribution is 2.23. The molecule has 6 heteroatoms. The van der Waals surface area contributed by atoms with Crippen molar-refractivity contribution in [3.05, 3.63) is 41.0 Å². The number of aromatic nitrogens is 2. The molecule has 102 valence electrons. The van der Waals surface area contributed by atoms with Crippen LogP contribution < -0.4 is 10.5 Å². The summed E-state index contributed by atoms with van der Waals surface area (Å²) in [6, 6.07) is 7.15. The van der Waals surface area contributed by atoms with Crippen molar-refractivity contribution in [2.75, 3.05) is 0 Å². The van der Waals surface area contributed by atoms with Crippen LogP contribution in [0.2, 0.25) is 5.02 Å².